The number of nitrogens with one attached hydrogen (secondary N) is 1. The van der Waals surface area contributed by atoms with Crippen molar-refractivity contribution in [2.45, 2.75) is 32.1 Å². The zero-order valence-electron chi connectivity index (χ0n) is 12.6. The van der Waals surface area contributed by atoms with Crippen LogP contribution >= 0.6 is 0 Å². The number of carbonyl (C=O) groups excluding carboxylic acids is 1. The predicted molar refractivity (Wildman–Crippen MR) is 79.4 cm³/mol. The number of carbonyl (C=O) groups is 1. The van der Waals surface area contributed by atoms with Crippen molar-refractivity contribution >= 4 is 5.91 Å². The van der Waals surface area contributed by atoms with E-state index in [-0.39, 0.29) is 0 Å². The third kappa shape index (κ3) is 4.63. The number of amides is 1. The normalized spacial score (nSPS) is 19.6. The Hall–Kier alpha value is -1.36. The van der Waals surface area contributed by atoms with Crippen molar-refractivity contribution in [2.75, 3.05) is 33.7 Å². The summed E-state index contributed by atoms with van der Waals surface area (Å²) in [7, 11) is 4.22. The number of H-pyrrole nitrogens is 1. The number of rotatable bonds is 6. The van der Waals surface area contributed by atoms with Crippen LogP contribution in [0.3, 0.4) is 0 Å². The van der Waals surface area contributed by atoms with Gasteiger partial charge in [0.25, 0.3) is 0 Å². The summed E-state index contributed by atoms with van der Waals surface area (Å²) in [4.78, 5) is 16.5. The number of aryl methyl sites for hydroxylation is 1. The van der Waals surface area contributed by atoms with Gasteiger partial charge in [-0.05, 0) is 57.8 Å². The molecule has 1 saturated heterocycles. The van der Waals surface area contributed by atoms with Crippen LogP contribution in [0, 0.1) is 5.92 Å². The second kappa shape index (κ2) is 7.43. The number of nitrogens with zero attached hydrogens (tertiary/aromatic N) is 3. The average molecular weight is 278 g/mol. The molecule has 112 valence electrons. The summed E-state index contributed by atoms with van der Waals surface area (Å²) in [5.74, 6) is 0.963. The van der Waals surface area contributed by atoms with Crippen molar-refractivity contribution in [3.8, 4) is 0 Å². The van der Waals surface area contributed by atoms with Crippen LogP contribution in [0.2, 0.25) is 0 Å². The molecule has 0 unspecified atom stereocenters. The molecular weight excluding hydrogens is 252 g/mol. The van der Waals surface area contributed by atoms with Gasteiger partial charge < -0.3 is 9.80 Å². The number of hydrogen-bond acceptors (Lipinski definition) is 3. The van der Waals surface area contributed by atoms with Gasteiger partial charge in [0, 0.05) is 25.7 Å². The van der Waals surface area contributed by atoms with Crippen LogP contribution in [-0.2, 0) is 11.2 Å². The number of likely N-dealkylation sites (tertiary alicyclic amines) is 1. The Bertz CT molecular complexity index is 402. The lowest BCUT2D eigenvalue weighted by molar-refractivity contribution is -0.133. The lowest BCUT2D eigenvalue weighted by Crippen LogP contribution is -2.40. The third-order valence-electron chi connectivity index (χ3n) is 4.04. The summed E-state index contributed by atoms with van der Waals surface area (Å²) >= 11 is 0. The van der Waals surface area contributed by atoms with Crippen LogP contribution in [0.4, 0.5) is 0 Å². The number of aromatic amines is 1. The Balaban J connectivity index is 1.74. The highest BCUT2D eigenvalue weighted by Gasteiger charge is 2.23. The fourth-order valence-electron chi connectivity index (χ4n) is 2.79. The predicted octanol–water partition coefficient (Wildman–Crippen LogP) is 1.53. The first-order chi connectivity index (χ1) is 9.65. The topological polar surface area (TPSA) is 52.2 Å². The standard InChI is InChI=1S/C15H26N4O/c1-18(2)9-7-13-4-3-8-19(12-13)15(20)6-5-14-10-16-17-11-14/h10-11,13H,3-9,12H2,1-2H3,(H,16,17)/t13-/m1/s1. The number of hydrogen-bond donors (Lipinski definition) is 1. The summed E-state index contributed by atoms with van der Waals surface area (Å²) < 4.78 is 0. The Kier molecular flexibility index (Phi) is 5.59. The molecule has 2 rings (SSSR count). The van der Waals surface area contributed by atoms with Crippen LogP contribution in [-0.4, -0.2) is 59.6 Å². The SMILES string of the molecule is CN(C)CC[C@H]1CCCN(C(=O)CCc2cn[nH]c2)C1. The van der Waals surface area contributed by atoms with Crippen molar-refractivity contribution in [3.63, 3.8) is 0 Å². The first-order valence-electron chi connectivity index (χ1n) is 7.55. The molecule has 0 saturated carbocycles. The summed E-state index contributed by atoms with van der Waals surface area (Å²) in [5, 5.41) is 6.70. The van der Waals surface area contributed by atoms with Gasteiger partial charge in [-0.2, -0.15) is 5.10 Å². The maximum absolute atomic E-state index is 12.3. The van der Waals surface area contributed by atoms with Crippen molar-refractivity contribution in [1.29, 1.82) is 0 Å². The fourth-order valence-corrected chi connectivity index (χ4v) is 2.79. The molecule has 5 nitrogen and oxygen atoms in total. The van der Waals surface area contributed by atoms with Crippen LogP contribution in [0.15, 0.2) is 12.4 Å². The molecule has 1 aromatic rings. The molecule has 0 aliphatic carbocycles. The molecule has 0 bridgehead atoms. The quantitative estimate of drug-likeness (QED) is 0.858. The van der Waals surface area contributed by atoms with E-state index < -0.39 is 0 Å². The van der Waals surface area contributed by atoms with Gasteiger partial charge in [-0.3, -0.25) is 9.89 Å². The second-order valence-electron chi connectivity index (χ2n) is 6.05. The summed E-state index contributed by atoms with van der Waals surface area (Å²) in [6.45, 7) is 2.99. The van der Waals surface area contributed by atoms with E-state index in [1.807, 2.05) is 6.20 Å². The highest BCUT2D eigenvalue weighted by atomic mass is 16.2. The molecule has 1 amide bonds. The Morgan fingerprint density at radius 1 is 1.55 bits per heavy atom. The molecule has 1 atom stereocenters. The van der Waals surface area contributed by atoms with Gasteiger partial charge in [0.2, 0.25) is 5.91 Å². The molecule has 1 aliphatic rings. The van der Waals surface area contributed by atoms with Gasteiger partial charge >= 0.3 is 0 Å². The van der Waals surface area contributed by atoms with E-state index in [0.717, 1.165) is 38.0 Å². The van der Waals surface area contributed by atoms with Crippen molar-refractivity contribution < 1.29 is 4.79 Å². The molecule has 20 heavy (non-hydrogen) atoms. The zero-order chi connectivity index (χ0) is 14.4. The number of aromatic nitrogens is 2. The molecule has 1 N–H and O–H groups in total. The van der Waals surface area contributed by atoms with Gasteiger partial charge in [0.15, 0.2) is 0 Å². The molecule has 0 aromatic carbocycles. The lowest BCUT2D eigenvalue weighted by atomic mass is 9.94. The molecule has 0 spiro atoms. The molecule has 2 heterocycles. The molecule has 1 fully saturated rings. The van der Waals surface area contributed by atoms with E-state index >= 15 is 0 Å². The van der Waals surface area contributed by atoms with Gasteiger partial charge in [-0.25, -0.2) is 0 Å². The van der Waals surface area contributed by atoms with Crippen LogP contribution in [0.25, 0.3) is 0 Å². The number of piperidine rings is 1. The van der Waals surface area contributed by atoms with E-state index in [2.05, 4.69) is 34.1 Å². The van der Waals surface area contributed by atoms with Gasteiger partial charge in [-0.1, -0.05) is 0 Å². The second-order valence-corrected chi connectivity index (χ2v) is 6.05. The monoisotopic (exact) mass is 278 g/mol. The van der Waals surface area contributed by atoms with E-state index in [0.29, 0.717) is 18.2 Å². The summed E-state index contributed by atoms with van der Waals surface area (Å²) in [5.41, 5.74) is 1.11. The van der Waals surface area contributed by atoms with Crippen molar-refractivity contribution in [3.05, 3.63) is 18.0 Å². The van der Waals surface area contributed by atoms with Crippen LogP contribution < -0.4 is 0 Å². The highest BCUT2D eigenvalue weighted by molar-refractivity contribution is 5.76. The van der Waals surface area contributed by atoms with E-state index in [1.165, 1.54) is 12.8 Å². The molecular formula is C15H26N4O. The minimum Gasteiger partial charge on any atom is -0.342 e. The summed E-state index contributed by atoms with van der Waals surface area (Å²) in [6, 6.07) is 0. The van der Waals surface area contributed by atoms with Crippen molar-refractivity contribution in [1.82, 2.24) is 20.0 Å². The minimum absolute atomic E-state index is 0.292. The maximum Gasteiger partial charge on any atom is 0.222 e. The molecule has 5 heteroatoms. The Morgan fingerprint density at radius 3 is 3.10 bits per heavy atom. The minimum atomic E-state index is 0.292. The van der Waals surface area contributed by atoms with Gasteiger partial charge in [0.1, 0.15) is 0 Å². The highest BCUT2D eigenvalue weighted by Crippen LogP contribution is 2.20. The first kappa shape index (κ1) is 15.0. The maximum atomic E-state index is 12.3. The Labute approximate surface area is 121 Å². The smallest absolute Gasteiger partial charge is 0.222 e. The molecule has 0 radical (unpaired) electrons. The van der Waals surface area contributed by atoms with Crippen LogP contribution in [0.5, 0.6) is 0 Å². The van der Waals surface area contributed by atoms with E-state index in [9.17, 15) is 4.79 Å². The van der Waals surface area contributed by atoms with Gasteiger partial charge in [0.05, 0.1) is 6.20 Å². The van der Waals surface area contributed by atoms with Crippen LogP contribution in [0.1, 0.15) is 31.2 Å². The zero-order valence-corrected chi connectivity index (χ0v) is 12.6. The molecule has 1 aliphatic heterocycles. The van der Waals surface area contributed by atoms with E-state index in [1.54, 1.807) is 6.20 Å². The van der Waals surface area contributed by atoms with Crippen molar-refractivity contribution in [2.24, 2.45) is 5.92 Å². The first-order valence-corrected chi connectivity index (χ1v) is 7.55. The summed E-state index contributed by atoms with van der Waals surface area (Å²) in [6.07, 6.45) is 8.65. The Morgan fingerprint density at radius 2 is 2.40 bits per heavy atom. The fraction of sp³-hybridized carbons (Fsp3) is 0.733. The van der Waals surface area contributed by atoms with E-state index in [4.69, 9.17) is 0 Å². The molecule has 1 aromatic heterocycles. The largest absolute Gasteiger partial charge is 0.342 e. The third-order valence-corrected chi connectivity index (χ3v) is 4.04. The lowest BCUT2D eigenvalue weighted by Gasteiger charge is -2.33. The average Bonchev–Trinajstić information content (AvgIpc) is 2.96. The van der Waals surface area contributed by atoms with Gasteiger partial charge in [-0.15, -0.1) is 0 Å².